The number of nitriles is 1. The maximum Gasteiger partial charge on any atom is 0.223 e. The molecule has 3 aromatic rings. The topological polar surface area (TPSA) is 80.3 Å². The molecule has 0 saturated heterocycles. The van der Waals surface area contributed by atoms with Crippen molar-refractivity contribution in [3.05, 3.63) is 53.2 Å². The lowest BCUT2D eigenvalue weighted by atomic mass is 10.2. The highest BCUT2D eigenvalue weighted by molar-refractivity contribution is 6.31. The van der Waals surface area contributed by atoms with Crippen LogP contribution in [0.4, 0.5) is 0 Å². The lowest BCUT2D eigenvalue weighted by molar-refractivity contribution is 0.720. The first-order valence-electron chi connectivity index (χ1n) is 5.69. The van der Waals surface area contributed by atoms with Gasteiger partial charge in [0.05, 0.1) is 16.3 Å². The van der Waals surface area contributed by atoms with Crippen LogP contribution in [0.2, 0.25) is 5.02 Å². The summed E-state index contributed by atoms with van der Waals surface area (Å²) in [5.41, 5.74) is 1.67. The fraction of sp³-hybridized carbons (Fsp3) is 0. The Bertz CT molecular complexity index is 790. The van der Waals surface area contributed by atoms with Gasteiger partial charge in [-0.2, -0.15) is 5.26 Å². The van der Waals surface area contributed by atoms with E-state index in [1.165, 1.54) is 4.80 Å². The number of hydrogen-bond acceptors (Lipinski definition) is 5. The van der Waals surface area contributed by atoms with Crippen molar-refractivity contribution >= 4 is 11.6 Å². The number of pyridine rings is 1. The SMILES string of the molecule is N#Cc1ccc(-n2nnc(-c3ccccn3)n2)cc1Cl. The molecule has 0 atom stereocenters. The number of hydrogen-bond donors (Lipinski definition) is 0. The van der Waals surface area contributed by atoms with E-state index in [1.807, 2.05) is 18.2 Å². The second kappa shape index (κ2) is 5.07. The first kappa shape index (κ1) is 12.3. The van der Waals surface area contributed by atoms with Gasteiger partial charge in [-0.15, -0.1) is 15.0 Å². The van der Waals surface area contributed by atoms with Crippen LogP contribution in [0.3, 0.4) is 0 Å². The Kier molecular flexibility index (Phi) is 3.11. The molecule has 0 fully saturated rings. The summed E-state index contributed by atoms with van der Waals surface area (Å²) < 4.78 is 0. The minimum Gasteiger partial charge on any atom is -0.253 e. The van der Waals surface area contributed by atoms with Gasteiger partial charge in [-0.1, -0.05) is 17.7 Å². The van der Waals surface area contributed by atoms with Gasteiger partial charge < -0.3 is 0 Å². The summed E-state index contributed by atoms with van der Waals surface area (Å²) in [6.45, 7) is 0. The second-order valence-corrected chi connectivity index (χ2v) is 4.30. The third-order valence-electron chi connectivity index (χ3n) is 2.61. The molecule has 0 aliphatic carbocycles. The molecule has 6 nitrogen and oxygen atoms in total. The van der Waals surface area contributed by atoms with Crippen molar-refractivity contribution in [3.8, 4) is 23.3 Å². The van der Waals surface area contributed by atoms with Gasteiger partial charge in [0.25, 0.3) is 0 Å². The lowest BCUT2D eigenvalue weighted by Gasteiger charge is -2.00. The minimum atomic E-state index is 0.349. The lowest BCUT2D eigenvalue weighted by Crippen LogP contribution is -1.99. The van der Waals surface area contributed by atoms with Gasteiger partial charge in [0.2, 0.25) is 5.82 Å². The fourth-order valence-electron chi connectivity index (χ4n) is 1.64. The summed E-state index contributed by atoms with van der Waals surface area (Å²) in [6, 6.07) is 12.4. The van der Waals surface area contributed by atoms with Crippen LogP contribution in [-0.2, 0) is 0 Å². The summed E-state index contributed by atoms with van der Waals surface area (Å²) in [7, 11) is 0. The van der Waals surface area contributed by atoms with Gasteiger partial charge in [0.1, 0.15) is 11.8 Å². The number of rotatable bonds is 2. The van der Waals surface area contributed by atoms with Crippen molar-refractivity contribution in [3.63, 3.8) is 0 Å². The van der Waals surface area contributed by atoms with Crippen molar-refractivity contribution in [1.82, 2.24) is 25.2 Å². The van der Waals surface area contributed by atoms with Crippen LogP contribution >= 0.6 is 11.6 Å². The van der Waals surface area contributed by atoms with Gasteiger partial charge in [0.15, 0.2) is 0 Å². The van der Waals surface area contributed by atoms with Crippen LogP contribution in [0.5, 0.6) is 0 Å². The summed E-state index contributed by atoms with van der Waals surface area (Å²) in [5.74, 6) is 0.422. The largest absolute Gasteiger partial charge is 0.253 e. The zero-order valence-electron chi connectivity index (χ0n) is 10.1. The van der Waals surface area contributed by atoms with Gasteiger partial charge in [-0.3, -0.25) is 4.98 Å². The van der Waals surface area contributed by atoms with E-state index in [1.54, 1.807) is 30.5 Å². The Morgan fingerprint density at radius 1 is 1.20 bits per heavy atom. The van der Waals surface area contributed by atoms with Crippen molar-refractivity contribution in [1.29, 1.82) is 5.26 Å². The average Bonchev–Trinajstić information content (AvgIpc) is 2.98. The normalized spacial score (nSPS) is 10.2. The van der Waals surface area contributed by atoms with Crippen molar-refractivity contribution in [2.75, 3.05) is 0 Å². The van der Waals surface area contributed by atoms with Gasteiger partial charge >= 0.3 is 0 Å². The molecule has 0 aliphatic rings. The monoisotopic (exact) mass is 282 g/mol. The van der Waals surface area contributed by atoms with Crippen molar-refractivity contribution in [2.24, 2.45) is 0 Å². The Hall–Kier alpha value is -2.78. The molecule has 2 heterocycles. The van der Waals surface area contributed by atoms with E-state index in [-0.39, 0.29) is 0 Å². The quantitative estimate of drug-likeness (QED) is 0.720. The number of benzene rings is 1. The molecule has 0 radical (unpaired) electrons. The van der Waals surface area contributed by atoms with Crippen LogP contribution in [0.25, 0.3) is 17.2 Å². The fourth-order valence-corrected chi connectivity index (χ4v) is 1.86. The molecular formula is C13H7ClN6. The van der Waals surface area contributed by atoms with E-state index in [0.717, 1.165) is 0 Å². The van der Waals surface area contributed by atoms with E-state index < -0.39 is 0 Å². The van der Waals surface area contributed by atoms with E-state index in [2.05, 4.69) is 20.4 Å². The second-order valence-electron chi connectivity index (χ2n) is 3.89. The maximum absolute atomic E-state index is 8.84. The molecule has 0 bridgehead atoms. The Labute approximate surface area is 119 Å². The summed E-state index contributed by atoms with van der Waals surface area (Å²) in [4.78, 5) is 5.50. The predicted molar refractivity (Wildman–Crippen MR) is 72.1 cm³/mol. The third kappa shape index (κ3) is 2.22. The molecule has 1 aromatic carbocycles. The number of aromatic nitrogens is 5. The first-order valence-corrected chi connectivity index (χ1v) is 6.07. The third-order valence-corrected chi connectivity index (χ3v) is 2.92. The highest BCUT2D eigenvalue weighted by Crippen LogP contribution is 2.19. The maximum atomic E-state index is 8.84. The van der Waals surface area contributed by atoms with E-state index >= 15 is 0 Å². The van der Waals surface area contributed by atoms with Crippen LogP contribution in [0.1, 0.15) is 5.56 Å². The van der Waals surface area contributed by atoms with Crippen LogP contribution in [0, 0.1) is 11.3 Å². The highest BCUT2D eigenvalue weighted by atomic mass is 35.5. The standard InChI is InChI=1S/C13H7ClN6/c14-11-7-10(5-4-9(11)8-15)20-18-13(17-19-20)12-3-1-2-6-16-12/h1-7H. The molecule has 0 amide bonds. The highest BCUT2D eigenvalue weighted by Gasteiger charge is 2.09. The first-order chi connectivity index (χ1) is 9.78. The number of halogens is 1. The molecule has 3 rings (SSSR count). The molecule has 96 valence electrons. The Balaban J connectivity index is 1.99. The van der Waals surface area contributed by atoms with E-state index in [4.69, 9.17) is 16.9 Å². The summed E-state index contributed by atoms with van der Waals surface area (Å²) in [5, 5.41) is 21.3. The van der Waals surface area contributed by atoms with Crippen LogP contribution in [-0.4, -0.2) is 25.2 Å². The molecular weight excluding hydrogens is 276 g/mol. The van der Waals surface area contributed by atoms with E-state index in [0.29, 0.717) is 27.8 Å². The van der Waals surface area contributed by atoms with Gasteiger partial charge in [-0.25, -0.2) is 0 Å². The zero-order valence-corrected chi connectivity index (χ0v) is 10.9. The Morgan fingerprint density at radius 2 is 2.10 bits per heavy atom. The molecule has 20 heavy (non-hydrogen) atoms. The molecule has 2 aromatic heterocycles. The average molecular weight is 283 g/mol. The number of nitrogens with zero attached hydrogens (tertiary/aromatic N) is 6. The van der Waals surface area contributed by atoms with Crippen LogP contribution in [0.15, 0.2) is 42.6 Å². The summed E-state index contributed by atoms with van der Waals surface area (Å²) in [6.07, 6.45) is 1.66. The smallest absolute Gasteiger partial charge is 0.223 e. The molecule has 0 N–H and O–H groups in total. The van der Waals surface area contributed by atoms with E-state index in [9.17, 15) is 0 Å². The zero-order chi connectivity index (χ0) is 13.9. The molecule has 0 unspecified atom stereocenters. The molecule has 0 aliphatic heterocycles. The molecule has 0 spiro atoms. The molecule has 7 heteroatoms. The van der Waals surface area contributed by atoms with Gasteiger partial charge in [0, 0.05) is 6.20 Å². The van der Waals surface area contributed by atoms with Crippen LogP contribution < -0.4 is 0 Å². The van der Waals surface area contributed by atoms with Crippen molar-refractivity contribution < 1.29 is 0 Å². The minimum absolute atomic E-state index is 0.349. The predicted octanol–water partition coefficient (Wildman–Crippen LogP) is 2.25. The van der Waals surface area contributed by atoms with Gasteiger partial charge in [-0.05, 0) is 35.5 Å². The molecule has 0 saturated carbocycles. The number of tetrazole rings is 1. The Morgan fingerprint density at radius 3 is 2.80 bits per heavy atom. The van der Waals surface area contributed by atoms with Crippen molar-refractivity contribution in [2.45, 2.75) is 0 Å². The summed E-state index contributed by atoms with van der Waals surface area (Å²) >= 11 is 5.98.